The molecule has 2 aromatic rings. The van der Waals surface area contributed by atoms with Crippen LogP contribution in [0.3, 0.4) is 0 Å². The van der Waals surface area contributed by atoms with Gasteiger partial charge in [0.1, 0.15) is 0 Å². The average Bonchev–Trinajstić information content (AvgIpc) is 2.38. The highest BCUT2D eigenvalue weighted by Gasteiger charge is 2.09. The molecule has 10 heteroatoms. The molecule has 0 amide bonds. The van der Waals surface area contributed by atoms with Crippen molar-refractivity contribution in [3.63, 3.8) is 0 Å². The zero-order chi connectivity index (χ0) is 14.5. The first-order valence-corrected chi connectivity index (χ1v) is 5.36. The van der Waals surface area contributed by atoms with Crippen molar-refractivity contribution in [2.75, 3.05) is 16.9 Å². The predicted octanol–water partition coefficient (Wildman–Crippen LogP) is 0.390. The van der Waals surface area contributed by atoms with Gasteiger partial charge < -0.3 is 11.5 Å². The Morgan fingerprint density at radius 2 is 1.85 bits per heavy atom. The monoisotopic (exact) mass is 274 g/mol. The lowest BCUT2D eigenvalue weighted by Gasteiger charge is -2.00. The third-order valence-electron chi connectivity index (χ3n) is 2.17. The maximum atomic E-state index is 10.8. The van der Waals surface area contributed by atoms with Gasteiger partial charge in [0.15, 0.2) is 0 Å². The van der Waals surface area contributed by atoms with Gasteiger partial charge >= 0.3 is 0 Å². The number of hydrazone groups is 1. The van der Waals surface area contributed by atoms with Crippen molar-refractivity contribution in [1.82, 2.24) is 15.0 Å². The van der Waals surface area contributed by atoms with Crippen LogP contribution in [-0.4, -0.2) is 26.1 Å². The first-order chi connectivity index (χ1) is 9.56. The molecule has 0 bridgehead atoms. The van der Waals surface area contributed by atoms with Gasteiger partial charge in [0.05, 0.1) is 16.7 Å². The van der Waals surface area contributed by atoms with Crippen LogP contribution in [0.4, 0.5) is 23.5 Å². The van der Waals surface area contributed by atoms with Crippen molar-refractivity contribution in [1.29, 1.82) is 0 Å². The number of hydrogen-bond donors (Lipinski definition) is 3. The van der Waals surface area contributed by atoms with Gasteiger partial charge in [0.25, 0.3) is 5.69 Å². The molecular formula is C10H10N8O2. The summed E-state index contributed by atoms with van der Waals surface area (Å²) in [6.07, 6.45) is 1.27. The fraction of sp³-hybridized carbons (Fsp3) is 0. The quantitative estimate of drug-likeness (QED) is 0.410. The summed E-state index contributed by atoms with van der Waals surface area (Å²) in [4.78, 5) is 21.4. The number of aromatic nitrogens is 3. The van der Waals surface area contributed by atoms with E-state index in [1.807, 2.05) is 0 Å². The summed E-state index contributed by atoms with van der Waals surface area (Å²) in [7, 11) is 0. The number of nitrogen functional groups attached to an aromatic ring is 2. The van der Waals surface area contributed by atoms with Crippen LogP contribution < -0.4 is 16.9 Å². The van der Waals surface area contributed by atoms with Gasteiger partial charge in [0.2, 0.25) is 17.8 Å². The molecule has 0 aliphatic rings. The van der Waals surface area contributed by atoms with Gasteiger partial charge in [-0.2, -0.15) is 20.1 Å². The zero-order valence-electron chi connectivity index (χ0n) is 10.1. The van der Waals surface area contributed by atoms with E-state index in [1.54, 1.807) is 18.2 Å². The maximum absolute atomic E-state index is 10.8. The Bertz CT molecular complexity index is 652. The molecule has 20 heavy (non-hydrogen) atoms. The van der Waals surface area contributed by atoms with Gasteiger partial charge in [-0.1, -0.05) is 12.1 Å². The number of nitro benzene ring substituents is 1. The number of nitrogens with zero attached hydrogens (tertiary/aromatic N) is 5. The van der Waals surface area contributed by atoms with Crippen LogP contribution in [0.5, 0.6) is 0 Å². The molecule has 0 aliphatic heterocycles. The molecule has 2 rings (SSSR count). The third kappa shape index (κ3) is 3.13. The van der Waals surface area contributed by atoms with Crippen molar-refractivity contribution in [2.45, 2.75) is 0 Å². The lowest BCUT2D eigenvalue weighted by molar-refractivity contribution is -0.385. The number of anilines is 3. The molecule has 1 aromatic heterocycles. The molecule has 0 spiro atoms. The van der Waals surface area contributed by atoms with E-state index in [-0.39, 0.29) is 23.5 Å². The lowest BCUT2D eigenvalue weighted by Crippen LogP contribution is -2.06. The minimum Gasteiger partial charge on any atom is -0.368 e. The van der Waals surface area contributed by atoms with Crippen LogP contribution >= 0.6 is 0 Å². The van der Waals surface area contributed by atoms with Gasteiger partial charge in [0, 0.05) is 6.07 Å². The van der Waals surface area contributed by atoms with E-state index >= 15 is 0 Å². The summed E-state index contributed by atoms with van der Waals surface area (Å²) in [6, 6.07) is 6.16. The topological polar surface area (TPSA) is 158 Å². The Labute approximate surface area is 112 Å². The van der Waals surface area contributed by atoms with Crippen molar-refractivity contribution in [3.8, 4) is 0 Å². The molecule has 0 radical (unpaired) electrons. The first kappa shape index (κ1) is 13.1. The van der Waals surface area contributed by atoms with Crippen LogP contribution in [0, 0.1) is 10.1 Å². The Morgan fingerprint density at radius 1 is 1.20 bits per heavy atom. The van der Waals surface area contributed by atoms with Crippen molar-refractivity contribution >= 4 is 29.7 Å². The van der Waals surface area contributed by atoms with Crippen molar-refractivity contribution in [2.24, 2.45) is 5.10 Å². The van der Waals surface area contributed by atoms with E-state index in [4.69, 9.17) is 11.5 Å². The van der Waals surface area contributed by atoms with E-state index in [2.05, 4.69) is 25.5 Å². The molecular weight excluding hydrogens is 264 g/mol. The number of para-hydroxylation sites is 1. The average molecular weight is 274 g/mol. The molecule has 5 N–H and O–H groups in total. The Morgan fingerprint density at radius 3 is 2.50 bits per heavy atom. The maximum Gasteiger partial charge on any atom is 0.278 e. The Hall–Kier alpha value is -3.30. The molecule has 0 saturated carbocycles. The second kappa shape index (κ2) is 5.56. The van der Waals surface area contributed by atoms with Gasteiger partial charge in [-0.25, -0.2) is 5.43 Å². The van der Waals surface area contributed by atoms with Crippen LogP contribution in [0.2, 0.25) is 0 Å². The number of nitrogens with two attached hydrogens (primary N) is 2. The molecule has 1 heterocycles. The molecule has 10 nitrogen and oxygen atoms in total. The second-order valence-corrected chi connectivity index (χ2v) is 3.56. The number of nitrogens with one attached hydrogen (secondary N) is 1. The Balaban J connectivity index is 2.16. The molecule has 0 fully saturated rings. The fourth-order valence-electron chi connectivity index (χ4n) is 1.38. The molecule has 0 atom stereocenters. The highest BCUT2D eigenvalue weighted by molar-refractivity contribution is 5.85. The van der Waals surface area contributed by atoms with Crippen molar-refractivity contribution in [3.05, 3.63) is 39.9 Å². The van der Waals surface area contributed by atoms with Crippen LogP contribution in [0.25, 0.3) is 0 Å². The largest absolute Gasteiger partial charge is 0.368 e. The van der Waals surface area contributed by atoms with E-state index in [0.29, 0.717) is 5.56 Å². The van der Waals surface area contributed by atoms with E-state index in [9.17, 15) is 10.1 Å². The fourth-order valence-corrected chi connectivity index (χ4v) is 1.38. The van der Waals surface area contributed by atoms with Gasteiger partial charge in [-0.15, -0.1) is 0 Å². The first-order valence-electron chi connectivity index (χ1n) is 5.36. The van der Waals surface area contributed by atoms with Gasteiger partial charge in [-0.05, 0) is 6.07 Å². The summed E-state index contributed by atoms with van der Waals surface area (Å²) in [6.45, 7) is 0. The van der Waals surface area contributed by atoms with E-state index in [0.717, 1.165) is 0 Å². The summed E-state index contributed by atoms with van der Waals surface area (Å²) in [5, 5.41) is 14.6. The molecule has 0 saturated heterocycles. The smallest absolute Gasteiger partial charge is 0.278 e. The van der Waals surface area contributed by atoms with Crippen LogP contribution in [0.1, 0.15) is 5.56 Å². The highest BCUT2D eigenvalue weighted by Crippen LogP contribution is 2.15. The van der Waals surface area contributed by atoms with Crippen molar-refractivity contribution < 1.29 is 4.92 Å². The molecule has 0 aliphatic carbocycles. The summed E-state index contributed by atoms with van der Waals surface area (Å²) in [5.41, 5.74) is 13.5. The number of nitro groups is 1. The van der Waals surface area contributed by atoms with Gasteiger partial charge in [-0.3, -0.25) is 10.1 Å². The summed E-state index contributed by atoms with van der Waals surface area (Å²) < 4.78 is 0. The Kier molecular flexibility index (Phi) is 3.65. The zero-order valence-corrected chi connectivity index (χ0v) is 10.1. The standard InChI is InChI=1S/C10H10N8O2/c11-8-14-9(12)16-10(15-8)17-13-5-6-3-1-2-4-7(6)18(19)20/h1-5H,(H5,11,12,14,15,16,17)/b13-5+. The molecule has 0 unspecified atom stereocenters. The van der Waals surface area contributed by atoms with E-state index in [1.165, 1.54) is 12.3 Å². The predicted molar refractivity (Wildman–Crippen MR) is 73.0 cm³/mol. The lowest BCUT2D eigenvalue weighted by atomic mass is 10.2. The normalized spacial score (nSPS) is 10.6. The number of benzene rings is 1. The summed E-state index contributed by atoms with van der Waals surface area (Å²) >= 11 is 0. The minimum absolute atomic E-state index is 0.0461. The molecule has 102 valence electrons. The molecule has 1 aromatic carbocycles. The third-order valence-corrected chi connectivity index (χ3v) is 2.17. The number of rotatable bonds is 4. The van der Waals surface area contributed by atoms with Crippen LogP contribution in [-0.2, 0) is 0 Å². The van der Waals surface area contributed by atoms with E-state index < -0.39 is 4.92 Å². The second-order valence-electron chi connectivity index (χ2n) is 3.56. The SMILES string of the molecule is Nc1nc(N)nc(N/N=C/c2ccccc2[N+](=O)[O-])n1. The highest BCUT2D eigenvalue weighted by atomic mass is 16.6. The van der Waals surface area contributed by atoms with Crippen LogP contribution in [0.15, 0.2) is 29.4 Å². The number of hydrogen-bond acceptors (Lipinski definition) is 9. The minimum atomic E-state index is -0.500. The summed E-state index contributed by atoms with van der Waals surface area (Å²) in [5.74, 6) is -0.0633.